The van der Waals surface area contributed by atoms with Crippen LogP contribution in [-0.4, -0.2) is 23.4 Å². The monoisotopic (exact) mass is 356 g/mol. The Balaban J connectivity index is 1.64. The number of amides is 1. The molecule has 4 heteroatoms. The summed E-state index contributed by atoms with van der Waals surface area (Å²) >= 11 is 1.71. The molecule has 1 aliphatic rings. The van der Waals surface area contributed by atoms with Crippen LogP contribution < -0.4 is 5.32 Å². The number of hydrogen-bond acceptors (Lipinski definition) is 3. The minimum atomic E-state index is -0.00957. The first kappa shape index (κ1) is 18.2. The van der Waals surface area contributed by atoms with E-state index in [2.05, 4.69) is 72.8 Å². The molecule has 1 atom stereocenters. The predicted octanol–water partition coefficient (Wildman–Crippen LogP) is 4.62. The van der Waals surface area contributed by atoms with Crippen molar-refractivity contribution in [2.45, 2.75) is 52.2 Å². The minimum absolute atomic E-state index is 0.00957. The number of carbonyl (C=O) groups is 1. The lowest BCUT2D eigenvalue weighted by Gasteiger charge is -2.32. The quantitative estimate of drug-likeness (QED) is 0.785. The van der Waals surface area contributed by atoms with Crippen molar-refractivity contribution in [3.63, 3.8) is 0 Å². The van der Waals surface area contributed by atoms with Gasteiger partial charge in [0.2, 0.25) is 5.91 Å². The second kappa shape index (κ2) is 7.71. The molecule has 1 N–H and O–H groups in total. The Bertz CT molecular complexity index is 672. The molecule has 3 nitrogen and oxygen atoms in total. The standard InChI is InChI=1S/C21H28N2OS/c1-21(2,3)20(18-10-7-13-25-18)22-19(24)15-23(17-11-12-17)14-16-8-5-4-6-9-16/h4-10,13,17,20H,11-12,14-15H2,1-3H3,(H,22,24). The highest BCUT2D eigenvalue weighted by molar-refractivity contribution is 7.10. The lowest BCUT2D eigenvalue weighted by molar-refractivity contribution is -0.124. The van der Waals surface area contributed by atoms with Crippen molar-refractivity contribution < 1.29 is 4.79 Å². The lowest BCUT2D eigenvalue weighted by Crippen LogP contribution is -2.42. The van der Waals surface area contributed by atoms with E-state index in [0.29, 0.717) is 12.6 Å². The fraction of sp³-hybridized carbons (Fsp3) is 0.476. The van der Waals surface area contributed by atoms with Gasteiger partial charge in [-0.15, -0.1) is 11.3 Å². The molecular formula is C21H28N2OS. The van der Waals surface area contributed by atoms with E-state index in [4.69, 9.17) is 0 Å². The molecule has 1 aromatic heterocycles. The SMILES string of the molecule is CC(C)(C)C(NC(=O)CN(Cc1ccccc1)C1CC1)c1cccs1. The highest BCUT2D eigenvalue weighted by atomic mass is 32.1. The van der Waals surface area contributed by atoms with Crippen molar-refractivity contribution in [3.05, 3.63) is 58.3 Å². The maximum Gasteiger partial charge on any atom is 0.234 e. The van der Waals surface area contributed by atoms with Crippen LogP contribution in [0.2, 0.25) is 0 Å². The summed E-state index contributed by atoms with van der Waals surface area (Å²) in [4.78, 5) is 16.3. The summed E-state index contributed by atoms with van der Waals surface area (Å²) < 4.78 is 0. The number of nitrogens with one attached hydrogen (secondary N) is 1. The zero-order chi connectivity index (χ0) is 17.9. The summed E-state index contributed by atoms with van der Waals surface area (Å²) in [7, 11) is 0. The van der Waals surface area contributed by atoms with Crippen LogP contribution in [0, 0.1) is 5.41 Å². The van der Waals surface area contributed by atoms with Crippen LogP contribution in [0.1, 0.15) is 50.1 Å². The molecule has 1 fully saturated rings. The van der Waals surface area contributed by atoms with Gasteiger partial charge in [0.25, 0.3) is 0 Å². The van der Waals surface area contributed by atoms with Crippen LogP contribution in [-0.2, 0) is 11.3 Å². The smallest absolute Gasteiger partial charge is 0.234 e. The van der Waals surface area contributed by atoms with E-state index in [9.17, 15) is 4.79 Å². The molecule has 1 aromatic carbocycles. The fourth-order valence-electron chi connectivity index (χ4n) is 3.13. The first-order chi connectivity index (χ1) is 11.9. The number of thiophene rings is 1. The Morgan fingerprint density at radius 2 is 1.92 bits per heavy atom. The molecule has 1 heterocycles. The molecule has 1 amide bonds. The topological polar surface area (TPSA) is 32.3 Å². The number of benzene rings is 1. The summed E-state index contributed by atoms with van der Waals surface area (Å²) in [6.45, 7) is 7.86. The minimum Gasteiger partial charge on any atom is -0.347 e. The van der Waals surface area contributed by atoms with Crippen LogP contribution in [0.25, 0.3) is 0 Å². The van der Waals surface area contributed by atoms with E-state index in [1.54, 1.807) is 11.3 Å². The van der Waals surface area contributed by atoms with Gasteiger partial charge >= 0.3 is 0 Å². The molecule has 0 aliphatic heterocycles. The maximum absolute atomic E-state index is 12.8. The normalized spacial score (nSPS) is 16.0. The zero-order valence-electron chi connectivity index (χ0n) is 15.4. The third-order valence-electron chi connectivity index (χ3n) is 4.64. The van der Waals surface area contributed by atoms with Gasteiger partial charge in [-0.3, -0.25) is 9.69 Å². The van der Waals surface area contributed by atoms with Crippen LogP contribution in [0.15, 0.2) is 47.8 Å². The fourth-order valence-corrected chi connectivity index (χ4v) is 4.15. The van der Waals surface area contributed by atoms with Gasteiger partial charge in [-0.1, -0.05) is 57.2 Å². The van der Waals surface area contributed by atoms with Crippen molar-refractivity contribution in [2.24, 2.45) is 5.41 Å². The van der Waals surface area contributed by atoms with E-state index in [1.807, 2.05) is 6.07 Å². The number of carbonyl (C=O) groups excluding carboxylic acids is 1. The summed E-state index contributed by atoms with van der Waals surface area (Å²) in [5.74, 6) is 0.121. The first-order valence-electron chi connectivity index (χ1n) is 9.04. The highest BCUT2D eigenvalue weighted by Gasteiger charge is 2.33. The predicted molar refractivity (Wildman–Crippen MR) is 105 cm³/mol. The van der Waals surface area contributed by atoms with E-state index in [0.717, 1.165) is 6.54 Å². The number of rotatable bonds is 7. The van der Waals surface area contributed by atoms with Gasteiger partial charge in [0, 0.05) is 17.5 Å². The van der Waals surface area contributed by atoms with Crippen LogP contribution >= 0.6 is 11.3 Å². The Kier molecular flexibility index (Phi) is 5.60. The summed E-state index contributed by atoms with van der Waals surface area (Å²) in [6.07, 6.45) is 2.40. The van der Waals surface area contributed by atoms with Gasteiger partial charge in [0.15, 0.2) is 0 Å². The summed E-state index contributed by atoms with van der Waals surface area (Å²) in [5, 5.41) is 5.36. The molecular weight excluding hydrogens is 328 g/mol. The Hall–Kier alpha value is -1.65. The molecule has 2 aromatic rings. The molecule has 1 saturated carbocycles. The van der Waals surface area contributed by atoms with Gasteiger partial charge in [0.05, 0.1) is 12.6 Å². The molecule has 0 bridgehead atoms. The second-order valence-corrected chi connectivity index (χ2v) is 8.98. The van der Waals surface area contributed by atoms with Crippen LogP contribution in [0.3, 0.4) is 0 Å². The summed E-state index contributed by atoms with van der Waals surface area (Å²) in [6, 6.07) is 15.2. The first-order valence-corrected chi connectivity index (χ1v) is 9.92. The molecule has 1 aliphatic carbocycles. The zero-order valence-corrected chi connectivity index (χ0v) is 16.2. The van der Waals surface area contributed by atoms with Crippen molar-refractivity contribution in [1.29, 1.82) is 0 Å². The molecule has 1 unspecified atom stereocenters. The molecule has 0 radical (unpaired) electrons. The van der Waals surface area contributed by atoms with Gasteiger partial charge in [-0.25, -0.2) is 0 Å². The van der Waals surface area contributed by atoms with Crippen molar-refractivity contribution in [3.8, 4) is 0 Å². The summed E-state index contributed by atoms with van der Waals surface area (Å²) in [5.41, 5.74) is 1.26. The van der Waals surface area contributed by atoms with Gasteiger partial charge in [-0.2, -0.15) is 0 Å². The van der Waals surface area contributed by atoms with Gasteiger partial charge < -0.3 is 5.32 Å². The third kappa shape index (κ3) is 5.16. The van der Waals surface area contributed by atoms with Crippen molar-refractivity contribution in [2.75, 3.05) is 6.54 Å². The highest BCUT2D eigenvalue weighted by Crippen LogP contribution is 2.35. The van der Waals surface area contributed by atoms with E-state index in [-0.39, 0.29) is 17.4 Å². The van der Waals surface area contributed by atoms with Crippen LogP contribution in [0.5, 0.6) is 0 Å². The van der Waals surface area contributed by atoms with Crippen molar-refractivity contribution >= 4 is 17.2 Å². The average molecular weight is 357 g/mol. The third-order valence-corrected chi connectivity index (χ3v) is 5.57. The Morgan fingerprint density at radius 3 is 2.48 bits per heavy atom. The molecule has 0 saturated heterocycles. The maximum atomic E-state index is 12.8. The molecule has 0 spiro atoms. The number of nitrogens with zero attached hydrogens (tertiary/aromatic N) is 1. The second-order valence-electron chi connectivity index (χ2n) is 8.00. The van der Waals surface area contributed by atoms with E-state index >= 15 is 0 Å². The Labute approximate surface area is 155 Å². The molecule has 3 rings (SSSR count). The van der Waals surface area contributed by atoms with Gasteiger partial charge in [0.1, 0.15) is 0 Å². The average Bonchev–Trinajstić information content (AvgIpc) is 3.27. The van der Waals surface area contributed by atoms with E-state index < -0.39 is 0 Å². The largest absolute Gasteiger partial charge is 0.347 e. The Morgan fingerprint density at radius 1 is 1.20 bits per heavy atom. The number of hydrogen-bond donors (Lipinski definition) is 1. The van der Waals surface area contributed by atoms with Crippen LogP contribution in [0.4, 0.5) is 0 Å². The van der Waals surface area contributed by atoms with Gasteiger partial charge in [-0.05, 0) is 35.3 Å². The lowest BCUT2D eigenvalue weighted by atomic mass is 9.85. The molecule has 25 heavy (non-hydrogen) atoms. The molecule has 134 valence electrons. The van der Waals surface area contributed by atoms with E-state index in [1.165, 1.54) is 23.3 Å². The van der Waals surface area contributed by atoms with Crippen molar-refractivity contribution in [1.82, 2.24) is 10.2 Å².